The Morgan fingerprint density at radius 1 is 1.40 bits per heavy atom. The van der Waals surface area contributed by atoms with Crippen molar-refractivity contribution in [2.24, 2.45) is 5.73 Å². The summed E-state index contributed by atoms with van der Waals surface area (Å²) in [6.07, 6.45) is 1.95. The highest BCUT2D eigenvalue weighted by molar-refractivity contribution is 5.48. The summed E-state index contributed by atoms with van der Waals surface area (Å²) in [7, 11) is 1.49. The van der Waals surface area contributed by atoms with Crippen molar-refractivity contribution in [1.29, 1.82) is 0 Å². The standard InChI is InChI=1S/C12H16FNO/c1-7-6-9(12(14)4-5-12)8(2)11(15-3)10(7)13/h6H,4-5,14H2,1-3H3. The van der Waals surface area contributed by atoms with Gasteiger partial charge < -0.3 is 10.5 Å². The maximum Gasteiger partial charge on any atom is 0.168 e. The number of nitrogens with two attached hydrogens (primary N) is 1. The van der Waals surface area contributed by atoms with Gasteiger partial charge in [-0.25, -0.2) is 4.39 Å². The quantitative estimate of drug-likeness (QED) is 0.811. The Morgan fingerprint density at radius 3 is 2.47 bits per heavy atom. The third-order valence-electron chi connectivity index (χ3n) is 3.18. The second-order valence-corrected chi connectivity index (χ2v) is 4.37. The zero-order chi connectivity index (χ0) is 11.2. The Labute approximate surface area is 89.2 Å². The van der Waals surface area contributed by atoms with Crippen LogP contribution in [0.4, 0.5) is 4.39 Å². The van der Waals surface area contributed by atoms with E-state index in [0.717, 1.165) is 24.0 Å². The molecular weight excluding hydrogens is 193 g/mol. The van der Waals surface area contributed by atoms with Crippen molar-refractivity contribution in [3.05, 3.63) is 28.6 Å². The number of hydrogen-bond donors (Lipinski definition) is 1. The van der Waals surface area contributed by atoms with Gasteiger partial charge in [-0.15, -0.1) is 0 Å². The summed E-state index contributed by atoms with van der Waals surface area (Å²) in [5.41, 5.74) is 8.35. The Hall–Kier alpha value is -1.09. The Morgan fingerprint density at radius 2 is 2.00 bits per heavy atom. The van der Waals surface area contributed by atoms with Gasteiger partial charge in [0, 0.05) is 5.54 Å². The van der Waals surface area contributed by atoms with E-state index in [-0.39, 0.29) is 11.4 Å². The average Bonchev–Trinajstić information content (AvgIpc) is 2.92. The Kier molecular flexibility index (Phi) is 2.23. The van der Waals surface area contributed by atoms with Crippen LogP contribution in [0.15, 0.2) is 6.07 Å². The van der Waals surface area contributed by atoms with Gasteiger partial charge in [-0.05, 0) is 43.4 Å². The van der Waals surface area contributed by atoms with Gasteiger partial charge in [-0.2, -0.15) is 0 Å². The monoisotopic (exact) mass is 209 g/mol. The second-order valence-electron chi connectivity index (χ2n) is 4.37. The summed E-state index contributed by atoms with van der Waals surface area (Å²) < 4.78 is 18.8. The highest BCUT2D eigenvalue weighted by Gasteiger charge is 2.42. The van der Waals surface area contributed by atoms with Crippen LogP contribution in [-0.4, -0.2) is 7.11 Å². The molecule has 0 bridgehead atoms. The molecular formula is C12H16FNO. The Balaban J connectivity index is 2.62. The molecule has 0 amide bonds. The van der Waals surface area contributed by atoms with Crippen LogP contribution in [0.1, 0.15) is 29.5 Å². The molecule has 3 heteroatoms. The summed E-state index contributed by atoms with van der Waals surface area (Å²) in [5.74, 6) is 0.0599. The lowest BCUT2D eigenvalue weighted by molar-refractivity contribution is 0.380. The van der Waals surface area contributed by atoms with Crippen LogP contribution in [0.3, 0.4) is 0 Å². The first-order valence-corrected chi connectivity index (χ1v) is 5.12. The van der Waals surface area contributed by atoms with E-state index in [1.165, 1.54) is 7.11 Å². The molecule has 2 nitrogen and oxygen atoms in total. The molecule has 0 unspecified atom stereocenters. The van der Waals surface area contributed by atoms with Crippen molar-refractivity contribution in [2.45, 2.75) is 32.2 Å². The SMILES string of the molecule is COc1c(C)c(C2(N)CC2)cc(C)c1F. The molecule has 0 aliphatic heterocycles. The molecule has 1 aromatic carbocycles. The molecule has 1 aliphatic rings. The number of benzene rings is 1. The minimum atomic E-state index is -0.275. The van der Waals surface area contributed by atoms with Crippen LogP contribution in [0.2, 0.25) is 0 Å². The van der Waals surface area contributed by atoms with E-state index in [1.807, 2.05) is 13.0 Å². The van der Waals surface area contributed by atoms with Crippen LogP contribution < -0.4 is 10.5 Å². The van der Waals surface area contributed by atoms with Crippen molar-refractivity contribution >= 4 is 0 Å². The number of halogens is 1. The highest BCUT2D eigenvalue weighted by Crippen LogP contribution is 2.46. The predicted octanol–water partition coefficient (Wildman–Crippen LogP) is 2.40. The van der Waals surface area contributed by atoms with Crippen LogP contribution in [0, 0.1) is 19.7 Å². The van der Waals surface area contributed by atoms with E-state index in [9.17, 15) is 4.39 Å². The molecule has 0 heterocycles. The molecule has 0 spiro atoms. The highest BCUT2D eigenvalue weighted by atomic mass is 19.1. The van der Waals surface area contributed by atoms with E-state index in [4.69, 9.17) is 10.5 Å². The van der Waals surface area contributed by atoms with Crippen LogP contribution in [0.25, 0.3) is 0 Å². The predicted molar refractivity (Wildman–Crippen MR) is 57.5 cm³/mol. The molecule has 1 saturated carbocycles. The van der Waals surface area contributed by atoms with Gasteiger partial charge in [0.2, 0.25) is 0 Å². The molecule has 82 valence electrons. The van der Waals surface area contributed by atoms with Gasteiger partial charge in [0.05, 0.1) is 7.11 Å². The lowest BCUT2D eigenvalue weighted by atomic mass is 9.96. The van der Waals surface area contributed by atoms with E-state index in [2.05, 4.69) is 0 Å². The van der Waals surface area contributed by atoms with Gasteiger partial charge in [0.1, 0.15) is 0 Å². The molecule has 0 aromatic heterocycles. The smallest absolute Gasteiger partial charge is 0.168 e. The van der Waals surface area contributed by atoms with Crippen LogP contribution >= 0.6 is 0 Å². The maximum absolute atomic E-state index is 13.7. The zero-order valence-corrected chi connectivity index (χ0v) is 9.36. The third-order valence-corrected chi connectivity index (χ3v) is 3.18. The first kappa shape index (κ1) is 10.4. The van der Waals surface area contributed by atoms with E-state index >= 15 is 0 Å². The minimum Gasteiger partial charge on any atom is -0.493 e. The molecule has 0 radical (unpaired) electrons. The molecule has 1 aromatic rings. The van der Waals surface area contributed by atoms with Crippen molar-refractivity contribution in [2.75, 3.05) is 7.11 Å². The summed E-state index contributed by atoms with van der Waals surface area (Å²) in [5, 5.41) is 0. The van der Waals surface area contributed by atoms with Crippen molar-refractivity contribution in [1.82, 2.24) is 0 Å². The van der Waals surface area contributed by atoms with Crippen molar-refractivity contribution in [3.63, 3.8) is 0 Å². The second kappa shape index (κ2) is 3.20. The molecule has 2 N–H and O–H groups in total. The fourth-order valence-electron chi connectivity index (χ4n) is 2.02. The van der Waals surface area contributed by atoms with Crippen molar-refractivity contribution < 1.29 is 9.13 Å². The van der Waals surface area contributed by atoms with Crippen LogP contribution in [-0.2, 0) is 5.54 Å². The maximum atomic E-state index is 13.7. The van der Waals surface area contributed by atoms with Gasteiger partial charge in [-0.3, -0.25) is 0 Å². The lowest BCUT2D eigenvalue weighted by Gasteiger charge is -2.17. The van der Waals surface area contributed by atoms with Gasteiger partial charge in [-0.1, -0.05) is 6.07 Å². The van der Waals surface area contributed by atoms with E-state index in [0.29, 0.717) is 11.3 Å². The normalized spacial score (nSPS) is 17.7. The fraction of sp³-hybridized carbons (Fsp3) is 0.500. The molecule has 1 aliphatic carbocycles. The van der Waals surface area contributed by atoms with Crippen molar-refractivity contribution in [3.8, 4) is 5.75 Å². The molecule has 15 heavy (non-hydrogen) atoms. The summed E-state index contributed by atoms with van der Waals surface area (Å²) in [4.78, 5) is 0. The van der Waals surface area contributed by atoms with Gasteiger partial charge in [0.15, 0.2) is 11.6 Å². The van der Waals surface area contributed by atoms with Crippen LogP contribution in [0.5, 0.6) is 5.75 Å². The topological polar surface area (TPSA) is 35.2 Å². The molecule has 0 saturated heterocycles. The molecule has 0 atom stereocenters. The van der Waals surface area contributed by atoms with Gasteiger partial charge >= 0.3 is 0 Å². The fourth-order valence-corrected chi connectivity index (χ4v) is 2.02. The number of methoxy groups -OCH3 is 1. The molecule has 2 rings (SSSR count). The molecule has 1 fully saturated rings. The van der Waals surface area contributed by atoms with E-state index < -0.39 is 0 Å². The first-order chi connectivity index (χ1) is 6.99. The summed E-state index contributed by atoms with van der Waals surface area (Å²) >= 11 is 0. The summed E-state index contributed by atoms with van der Waals surface area (Å²) in [6, 6.07) is 1.85. The third kappa shape index (κ3) is 1.51. The average molecular weight is 209 g/mol. The number of hydrogen-bond acceptors (Lipinski definition) is 2. The number of rotatable bonds is 2. The number of aryl methyl sites for hydroxylation is 1. The Bertz CT molecular complexity index is 411. The largest absolute Gasteiger partial charge is 0.493 e. The summed E-state index contributed by atoms with van der Waals surface area (Å²) in [6.45, 7) is 3.61. The lowest BCUT2D eigenvalue weighted by Crippen LogP contribution is -2.21. The minimum absolute atomic E-state index is 0.240. The number of ether oxygens (including phenoxy) is 1. The van der Waals surface area contributed by atoms with E-state index in [1.54, 1.807) is 6.92 Å². The zero-order valence-electron chi connectivity index (χ0n) is 9.36. The van der Waals surface area contributed by atoms with Gasteiger partial charge in [0.25, 0.3) is 0 Å². The first-order valence-electron chi connectivity index (χ1n) is 5.12.